The van der Waals surface area contributed by atoms with Gasteiger partial charge in [0, 0.05) is 41.9 Å². The number of amides is 1. The van der Waals surface area contributed by atoms with E-state index in [2.05, 4.69) is 58.6 Å². The summed E-state index contributed by atoms with van der Waals surface area (Å²) in [6.45, 7) is 6.31. The van der Waals surface area contributed by atoms with Gasteiger partial charge in [0.15, 0.2) is 5.69 Å². The minimum atomic E-state index is -0.193. The molecule has 1 amide bonds. The predicted octanol–water partition coefficient (Wildman–Crippen LogP) is 4.57. The van der Waals surface area contributed by atoms with Gasteiger partial charge in [0.2, 0.25) is 0 Å². The number of carbonyl (C=O) groups excluding carboxylic acids is 1. The SMILES string of the molecule is Cc1ccc(-n2nnc(C(=O)Nc3ccc(N4CCSCC4)c(C)c3)c2C2CC2)cc1. The van der Waals surface area contributed by atoms with Crippen molar-refractivity contribution in [1.29, 1.82) is 0 Å². The Morgan fingerprint density at radius 2 is 1.81 bits per heavy atom. The highest BCUT2D eigenvalue weighted by molar-refractivity contribution is 7.99. The summed E-state index contributed by atoms with van der Waals surface area (Å²) in [5.41, 5.74) is 6.70. The van der Waals surface area contributed by atoms with Crippen LogP contribution in [0.15, 0.2) is 42.5 Å². The van der Waals surface area contributed by atoms with E-state index in [0.717, 1.165) is 43.0 Å². The van der Waals surface area contributed by atoms with Gasteiger partial charge in [-0.1, -0.05) is 22.9 Å². The van der Waals surface area contributed by atoms with Crippen molar-refractivity contribution < 1.29 is 4.79 Å². The molecule has 2 aliphatic rings. The predicted molar refractivity (Wildman–Crippen MR) is 127 cm³/mol. The molecule has 1 aliphatic heterocycles. The summed E-state index contributed by atoms with van der Waals surface area (Å²) >= 11 is 2.00. The zero-order chi connectivity index (χ0) is 21.4. The summed E-state index contributed by atoms with van der Waals surface area (Å²) in [6.07, 6.45) is 2.14. The van der Waals surface area contributed by atoms with Crippen molar-refractivity contribution >= 4 is 29.0 Å². The Balaban J connectivity index is 1.38. The molecule has 0 spiro atoms. The first-order valence-corrected chi connectivity index (χ1v) is 12.0. The van der Waals surface area contributed by atoms with Crippen molar-refractivity contribution in [2.45, 2.75) is 32.6 Å². The molecule has 6 nitrogen and oxygen atoms in total. The molecule has 7 heteroatoms. The van der Waals surface area contributed by atoms with Gasteiger partial charge in [0.1, 0.15) is 0 Å². The molecule has 0 atom stereocenters. The van der Waals surface area contributed by atoms with Gasteiger partial charge >= 0.3 is 0 Å². The second-order valence-corrected chi connectivity index (χ2v) is 9.62. The van der Waals surface area contributed by atoms with Crippen molar-refractivity contribution in [2.24, 2.45) is 0 Å². The molecule has 31 heavy (non-hydrogen) atoms. The number of rotatable bonds is 5. The second-order valence-electron chi connectivity index (χ2n) is 8.40. The van der Waals surface area contributed by atoms with E-state index in [4.69, 9.17) is 0 Å². The number of anilines is 2. The molecule has 0 unspecified atom stereocenters. The Morgan fingerprint density at radius 1 is 1.06 bits per heavy atom. The van der Waals surface area contributed by atoms with Gasteiger partial charge in [0.25, 0.3) is 5.91 Å². The highest BCUT2D eigenvalue weighted by atomic mass is 32.2. The van der Waals surface area contributed by atoms with Gasteiger partial charge in [-0.3, -0.25) is 4.79 Å². The van der Waals surface area contributed by atoms with Gasteiger partial charge in [-0.15, -0.1) is 5.10 Å². The van der Waals surface area contributed by atoms with E-state index < -0.39 is 0 Å². The molecule has 1 saturated heterocycles. The third kappa shape index (κ3) is 4.19. The maximum absolute atomic E-state index is 13.1. The van der Waals surface area contributed by atoms with Crippen LogP contribution >= 0.6 is 11.8 Å². The molecule has 1 saturated carbocycles. The lowest BCUT2D eigenvalue weighted by atomic mass is 10.1. The number of nitrogens with one attached hydrogen (secondary N) is 1. The summed E-state index contributed by atoms with van der Waals surface area (Å²) in [5, 5.41) is 11.7. The lowest BCUT2D eigenvalue weighted by molar-refractivity contribution is 0.102. The van der Waals surface area contributed by atoms with Crippen molar-refractivity contribution in [3.05, 3.63) is 65.0 Å². The average molecular weight is 434 g/mol. The quantitative estimate of drug-likeness (QED) is 0.639. The Bertz CT molecular complexity index is 1100. The molecule has 1 N–H and O–H groups in total. The minimum absolute atomic E-state index is 0.193. The fourth-order valence-electron chi connectivity index (χ4n) is 4.13. The Hall–Kier alpha value is -2.80. The summed E-state index contributed by atoms with van der Waals surface area (Å²) in [4.78, 5) is 15.6. The average Bonchev–Trinajstić information content (AvgIpc) is 3.53. The van der Waals surface area contributed by atoms with E-state index in [1.807, 2.05) is 34.6 Å². The van der Waals surface area contributed by atoms with Crippen LogP contribution in [0.2, 0.25) is 0 Å². The topological polar surface area (TPSA) is 63.1 Å². The number of aryl methyl sites for hydroxylation is 2. The van der Waals surface area contributed by atoms with Crippen LogP contribution in [0.25, 0.3) is 5.69 Å². The molecule has 3 aromatic rings. The summed E-state index contributed by atoms with van der Waals surface area (Å²) in [6, 6.07) is 14.3. The van der Waals surface area contributed by atoms with Gasteiger partial charge in [-0.25, -0.2) is 4.68 Å². The van der Waals surface area contributed by atoms with Gasteiger partial charge in [0.05, 0.1) is 11.4 Å². The molecule has 2 fully saturated rings. The molecule has 0 radical (unpaired) electrons. The van der Waals surface area contributed by atoms with Crippen LogP contribution in [-0.2, 0) is 0 Å². The monoisotopic (exact) mass is 433 g/mol. The number of hydrogen-bond acceptors (Lipinski definition) is 5. The van der Waals surface area contributed by atoms with Crippen LogP contribution in [0.3, 0.4) is 0 Å². The van der Waals surface area contributed by atoms with E-state index in [-0.39, 0.29) is 5.91 Å². The van der Waals surface area contributed by atoms with Crippen LogP contribution in [-0.4, -0.2) is 45.5 Å². The van der Waals surface area contributed by atoms with E-state index in [0.29, 0.717) is 11.6 Å². The third-order valence-electron chi connectivity index (χ3n) is 5.97. The van der Waals surface area contributed by atoms with Gasteiger partial charge in [-0.2, -0.15) is 11.8 Å². The van der Waals surface area contributed by atoms with Crippen LogP contribution in [0.1, 0.15) is 46.1 Å². The highest BCUT2D eigenvalue weighted by Gasteiger charge is 2.34. The van der Waals surface area contributed by atoms with Crippen molar-refractivity contribution in [3.63, 3.8) is 0 Å². The summed E-state index contributed by atoms with van der Waals surface area (Å²) in [7, 11) is 0. The molecule has 2 heterocycles. The van der Waals surface area contributed by atoms with Crippen molar-refractivity contribution in [1.82, 2.24) is 15.0 Å². The van der Waals surface area contributed by atoms with Gasteiger partial charge < -0.3 is 10.2 Å². The molecular weight excluding hydrogens is 406 g/mol. The zero-order valence-electron chi connectivity index (χ0n) is 18.0. The van der Waals surface area contributed by atoms with Crippen molar-refractivity contribution in [2.75, 3.05) is 34.8 Å². The molecule has 160 valence electrons. The Kier molecular flexibility index (Phi) is 5.44. The zero-order valence-corrected chi connectivity index (χ0v) is 18.8. The minimum Gasteiger partial charge on any atom is -0.370 e. The summed E-state index contributed by atoms with van der Waals surface area (Å²) in [5.74, 6) is 2.48. The van der Waals surface area contributed by atoms with E-state index in [9.17, 15) is 4.79 Å². The van der Waals surface area contributed by atoms with E-state index >= 15 is 0 Å². The fourth-order valence-corrected chi connectivity index (χ4v) is 5.04. The molecule has 1 aromatic heterocycles. The highest BCUT2D eigenvalue weighted by Crippen LogP contribution is 2.42. The number of aromatic nitrogens is 3. The first kappa shape index (κ1) is 20.1. The number of hydrogen-bond donors (Lipinski definition) is 1. The van der Waals surface area contributed by atoms with Crippen LogP contribution in [0, 0.1) is 13.8 Å². The lowest BCUT2D eigenvalue weighted by Crippen LogP contribution is -2.32. The molecular formula is C24H27N5OS. The molecule has 2 aromatic carbocycles. The Morgan fingerprint density at radius 3 is 2.48 bits per heavy atom. The van der Waals surface area contributed by atoms with E-state index in [1.165, 1.54) is 28.3 Å². The van der Waals surface area contributed by atoms with Crippen LogP contribution < -0.4 is 10.2 Å². The number of benzene rings is 2. The second kappa shape index (κ2) is 8.38. The van der Waals surface area contributed by atoms with Crippen molar-refractivity contribution in [3.8, 4) is 5.69 Å². The number of nitrogens with zero attached hydrogens (tertiary/aromatic N) is 4. The smallest absolute Gasteiger partial charge is 0.278 e. The third-order valence-corrected chi connectivity index (χ3v) is 6.91. The number of carbonyl (C=O) groups is 1. The van der Waals surface area contributed by atoms with Gasteiger partial charge in [-0.05, 0) is 62.6 Å². The maximum atomic E-state index is 13.1. The Labute approximate surface area is 187 Å². The largest absolute Gasteiger partial charge is 0.370 e. The lowest BCUT2D eigenvalue weighted by Gasteiger charge is -2.30. The molecule has 5 rings (SSSR count). The normalized spacial score (nSPS) is 16.4. The molecule has 1 aliphatic carbocycles. The summed E-state index contributed by atoms with van der Waals surface area (Å²) < 4.78 is 1.83. The fraction of sp³-hybridized carbons (Fsp3) is 0.375. The van der Waals surface area contributed by atoms with Crippen LogP contribution in [0.5, 0.6) is 0 Å². The van der Waals surface area contributed by atoms with E-state index in [1.54, 1.807) is 0 Å². The standard InChI is InChI=1S/C24H27N5OS/c1-16-3-8-20(9-4-16)29-23(18-5-6-18)22(26-27-29)24(30)25-19-7-10-21(17(2)15-19)28-11-13-31-14-12-28/h3-4,7-10,15,18H,5-6,11-14H2,1-2H3,(H,25,30). The van der Waals surface area contributed by atoms with Crippen LogP contribution in [0.4, 0.5) is 11.4 Å². The molecule has 0 bridgehead atoms. The maximum Gasteiger partial charge on any atom is 0.278 e. The first-order valence-electron chi connectivity index (χ1n) is 10.9. The first-order chi connectivity index (χ1) is 15.1. The number of thioether (sulfide) groups is 1.